The third-order valence-corrected chi connectivity index (χ3v) is 9.46. The monoisotopic (exact) mass is 714 g/mol. The number of likely N-dealkylation sites (N-methyl/N-ethyl adjacent to an activating group) is 1. The first kappa shape index (κ1) is 40.9. The van der Waals surface area contributed by atoms with Gasteiger partial charge < -0.3 is 19.3 Å². The van der Waals surface area contributed by atoms with E-state index in [2.05, 4.69) is 84.4 Å². The lowest BCUT2D eigenvalue weighted by atomic mass is 9.75. The summed E-state index contributed by atoms with van der Waals surface area (Å²) in [7, 11) is 7.49. The molecule has 3 aromatic carbocycles. The molecule has 1 aliphatic carbocycles. The van der Waals surface area contributed by atoms with E-state index in [1.807, 2.05) is 13.8 Å². The van der Waals surface area contributed by atoms with Crippen molar-refractivity contribution in [3.05, 3.63) is 83.2 Å². The van der Waals surface area contributed by atoms with Gasteiger partial charge in [0, 0.05) is 13.6 Å². The van der Waals surface area contributed by atoms with E-state index < -0.39 is 17.7 Å². The Morgan fingerprint density at radius 1 is 0.960 bits per heavy atom. The lowest BCUT2D eigenvalue weighted by Crippen LogP contribution is -2.31. The maximum absolute atomic E-state index is 12.0. The minimum absolute atomic E-state index is 0.125. The van der Waals surface area contributed by atoms with Crippen molar-refractivity contribution in [2.45, 2.75) is 77.3 Å². The third-order valence-electron chi connectivity index (χ3n) is 9.46. The summed E-state index contributed by atoms with van der Waals surface area (Å²) in [5.74, 6) is 1.19. The number of likely N-dealkylation sites (tertiary alicyclic amines) is 1. The predicted octanol–water partition coefficient (Wildman–Crippen LogP) is 9.51. The number of aliphatic carboxylic acids is 1. The maximum atomic E-state index is 12.0. The van der Waals surface area contributed by atoms with Crippen molar-refractivity contribution in [1.82, 2.24) is 19.2 Å². The van der Waals surface area contributed by atoms with Gasteiger partial charge in [0.05, 0.1) is 29.6 Å². The third kappa shape index (κ3) is 10.5. The molecule has 1 unspecified atom stereocenters. The number of aryl methyl sites for hydroxylation is 2. The van der Waals surface area contributed by atoms with Crippen LogP contribution in [0.25, 0.3) is 22.2 Å². The van der Waals surface area contributed by atoms with Gasteiger partial charge in [-0.2, -0.15) is 13.2 Å². The Labute approximate surface area is 300 Å². The first-order valence-corrected chi connectivity index (χ1v) is 17.8. The molecule has 1 aromatic heterocycles. The van der Waals surface area contributed by atoms with Gasteiger partial charge in [-0.05, 0) is 124 Å². The number of carboxylic acids is 1. The number of carboxylic acid groups (broad SMARTS) is 1. The van der Waals surface area contributed by atoms with Crippen molar-refractivity contribution in [2.24, 2.45) is 13.0 Å². The van der Waals surface area contributed by atoms with Crippen LogP contribution in [0.2, 0.25) is 0 Å². The Balaban J connectivity index is 0.000000332. The molecule has 4 aromatic rings. The Bertz CT molecular complexity index is 1640. The van der Waals surface area contributed by atoms with Crippen molar-refractivity contribution in [3.63, 3.8) is 0 Å². The first-order chi connectivity index (χ1) is 23.9. The van der Waals surface area contributed by atoms with Gasteiger partial charge in [0.2, 0.25) is 0 Å². The fourth-order valence-corrected chi connectivity index (χ4v) is 6.93. The summed E-state index contributed by atoms with van der Waals surface area (Å²) in [5.41, 5.74) is 6.61. The van der Waals surface area contributed by atoms with Crippen LogP contribution in [0.1, 0.15) is 86.7 Å². The van der Waals surface area contributed by atoms with E-state index in [0.717, 1.165) is 61.3 Å². The molecule has 6 rings (SSSR count). The summed E-state index contributed by atoms with van der Waals surface area (Å²) in [6, 6.07) is 17.8. The van der Waals surface area contributed by atoms with Crippen LogP contribution in [0.15, 0.2) is 60.7 Å². The lowest BCUT2D eigenvalue weighted by molar-refractivity contribution is -0.143. The molecule has 7 nitrogen and oxygen atoms in total. The fourth-order valence-electron chi connectivity index (χ4n) is 6.93. The second-order valence-electron chi connectivity index (χ2n) is 12.7. The molecule has 1 aliphatic heterocycles. The number of imidazole rings is 1. The number of hydrogen-bond acceptors (Lipinski definition) is 6. The second kappa shape index (κ2) is 19.2. The van der Waals surface area contributed by atoms with Gasteiger partial charge in [0.15, 0.2) is 0 Å². The smallest absolute Gasteiger partial charge is 0.416 e. The highest BCUT2D eigenvalue weighted by Gasteiger charge is 2.32. The summed E-state index contributed by atoms with van der Waals surface area (Å²) in [5, 5.41) is 9.69. The zero-order valence-corrected chi connectivity index (χ0v) is 31.2. The van der Waals surface area contributed by atoms with Crippen molar-refractivity contribution in [1.29, 1.82) is 0 Å². The Morgan fingerprint density at radius 3 is 2.14 bits per heavy atom. The number of nitrogens with one attached hydrogen (secondary N) is 1. The lowest BCUT2D eigenvalue weighted by Gasteiger charge is -2.31. The number of hydrogen-bond donors (Lipinski definition) is 3. The topological polar surface area (TPSA) is 79.6 Å². The van der Waals surface area contributed by atoms with Crippen LogP contribution in [0.4, 0.5) is 13.2 Å². The Morgan fingerprint density at radius 2 is 1.58 bits per heavy atom. The summed E-state index contributed by atoms with van der Waals surface area (Å²) in [6.45, 7) is 8.33. The van der Waals surface area contributed by atoms with Gasteiger partial charge in [0.25, 0.3) is 0 Å². The molecule has 274 valence electrons. The highest BCUT2D eigenvalue weighted by Crippen LogP contribution is 2.40. The minimum atomic E-state index is -4.27. The summed E-state index contributed by atoms with van der Waals surface area (Å²) in [6.07, 6.45) is 2.06. The van der Waals surface area contributed by atoms with Crippen molar-refractivity contribution < 1.29 is 27.8 Å². The van der Waals surface area contributed by atoms with Gasteiger partial charge in [-0.15, -0.1) is 0 Å². The highest BCUT2D eigenvalue weighted by molar-refractivity contribution is 7.78. The summed E-state index contributed by atoms with van der Waals surface area (Å²) in [4.78, 5) is 19.1. The predicted molar refractivity (Wildman–Crippen MR) is 200 cm³/mol. The van der Waals surface area contributed by atoms with Crippen LogP contribution in [0.3, 0.4) is 0 Å². The molecule has 11 heteroatoms. The van der Waals surface area contributed by atoms with Gasteiger partial charge in [-0.25, -0.2) is 4.98 Å². The number of nitrogens with zero attached hydrogens (tertiary/aromatic N) is 3. The number of thiol groups is 1. The maximum Gasteiger partial charge on any atom is 0.416 e. The van der Waals surface area contributed by atoms with Crippen LogP contribution < -0.4 is 9.46 Å². The van der Waals surface area contributed by atoms with Crippen molar-refractivity contribution >= 4 is 29.8 Å². The van der Waals surface area contributed by atoms with E-state index in [1.54, 1.807) is 7.05 Å². The number of ether oxygens (including phenoxy) is 1. The van der Waals surface area contributed by atoms with E-state index in [0.29, 0.717) is 11.7 Å². The number of halogens is 3. The van der Waals surface area contributed by atoms with Gasteiger partial charge in [-0.3, -0.25) is 9.52 Å². The van der Waals surface area contributed by atoms with Crippen molar-refractivity contribution in [3.8, 4) is 16.9 Å². The zero-order valence-electron chi connectivity index (χ0n) is 30.3. The molecule has 2 aliphatic rings. The molecule has 2 N–H and O–H groups in total. The largest absolute Gasteiger partial charge is 0.497 e. The van der Waals surface area contributed by atoms with Crippen LogP contribution in [-0.2, 0) is 18.0 Å². The molecule has 2 fully saturated rings. The van der Waals surface area contributed by atoms with Gasteiger partial charge in [-0.1, -0.05) is 63.8 Å². The molecular formula is C39H53F3N4O3S. The number of rotatable bonds is 5. The molecule has 1 saturated carbocycles. The number of methoxy groups -OCH3 is 1. The number of alkyl halides is 3. The Kier molecular flexibility index (Phi) is 15.7. The second-order valence-corrected chi connectivity index (χ2v) is 13.1. The van der Waals surface area contributed by atoms with Crippen LogP contribution in [-0.4, -0.2) is 59.8 Å². The van der Waals surface area contributed by atoms with Gasteiger partial charge in [0.1, 0.15) is 11.6 Å². The first-order valence-electron chi connectivity index (χ1n) is 17.4. The SMILES string of the molecule is CC.CNS.COc1ccc(C(F)(F)F)cc1.Cc1nc2cc(-c3ccc([C@@H]4CCCCC4C(=O)O)cc3)cc([C@H]3CCCN(C)C3)c2n1C. The number of piperidine rings is 1. The van der Waals surface area contributed by atoms with E-state index in [1.165, 1.54) is 60.8 Å². The molecule has 0 bridgehead atoms. The molecule has 1 saturated heterocycles. The molecule has 0 amide bonds. The van der Waals surface area contributed by atoms with Gasteiger partial charge >= 0.3 is 12.1 Å². The van der Waals surface area contributed by atoms with E-state index in [9.17, 15) is 23.1 Å². The van der Waals surface area contributed by atoms with Crippen molar-refractivity contribution in [2.75, 3.05) is 34.3 Å². The minimum Gasteiger partial charge on any atom is -0.497 e. The average molecular weight is 715 g/mol. The van der Waals surface area contributed by atoms with Crippen LogP contribution in [0.5, 0.6) is 5.75 Å². The molecule has 0 spiro atoms. The molecule has 3 atom stereocenters. The normalized spacial score (nSPS) is 19.2. The number of benzene rings is 3. The molecular weight excluding hydrogens is 662 g/mol. The van der Waals surface area contributed by atoms with Crippen LogP contribution in [0, 0.1) is 12.8 Å². The standard InChI is InChI=1S/C28H35N3O2.C8H7F3O.C2H6.CH5NS/c1-18-29-26-16-22(15-25(27(26)31(18)3)21-7-6-14-30(2)17-21)19-10-12-20(13-11-19)23-8-4-5-9-24(23)28(32)33;1-12-7-4-2-6(3-5-7)8(9,10)11;1-2;1-2-3/h10-13,15-16,21,23-24H,4-9,14,17H2,1-3H3,(H,32,33);2-5H,1H3;1-2H3;2-3H,1H3/t21-,23-,24?;;;/m0.../s1. The average Bonchev–Trinajstić information content (AvgIpc) is 3.41. The van der Waals surface area contributed by atoms with E-state index in [-0.39, 0.29) is 11.8 Å². The summed E-state index contributed by atoms with van der Waals surface area (Å²) < 4.78 is 45.3. The summed E-state index contributed by atoms with van der Waals surface area (Å²) >= 11 is 3.54. The fraction of sp³-hybridized carbons (Fsp3) is 0.487. The quantitative estimate of drug-likeness (QED) is 0.179. The van der Waals surface area contributed by atoms with E-state index in [4.69, 9.17) is 9.72 Å². The zero-order chi connectivity index (χ0) is 37.0. The number of fused-ring (bicyclic) bond motifs is 1. The molecule has 50 heavy (non-hydrogen) atoms. The Hall–Kier alpha value is -3.54. The molecule has 2 heterocycles. The highest BCUT2D eigenvalue weighted by atomic mass is 32.1. The van der Waals surface area contributed by atoms with Crippen LogP contribution >= 0.6 is 12.8 Å². The van der Waals surface area contributed by atoms with E-state index >= 15 is 0 Å². The molecule has 0 radical (unpaired) electrons. The number of aromatic nitrogens is 2. The number of carbonyl (C=O) groups is 1.